The summed E-state index contributed by atoms with van der Waals surface area (Å²) >= 11 is 2.97. The van der Waals surface area contributed by atoms with Crippen LogP contribution in [0, 0.1) is 0 Å². The van der Waals surface area contributed by atoms with Crippen LogP contribution in [0.5, 0.6) is 0 Å². The van der Waals surface area contributed by atoms with E-state index in [0.717, 1.165) is 5.82 Å². The molecule has 0 aliphatic carbocycles. The molecule has 0 spiro atoms. The number of hydrogen-bond donors (Lipinski definition) is 1. The molecule has 1 atom stereocenters. The Balaban J connectivity index is 1.51. The summed E-state index contributed by atoms with van der Waals surface area (Å²) in [6, 6.07) is 3.78. The van der Waals surface area contributed by atoms with E-state index in [-0.39, 0.29) is 29.2 Å². The van der Waals surface area contributed by atoms with Crippen molar-refractivity contribution in [2.24, 2.45) is 7.05 Å². The van der Waals surface area contributed by atoms with Crippen LogP contribution >= 0.6 is 23.1 Å². The van der Waals surface area contributed by atoms with Crippen molar-refractivity contribution in [3.05, 3.63) is 28.2 Å². The Morgan fingerprint density at radius 3 is 3.00 bits per heavy atom. The number of nitrogens with one attached hydrogen (secondary N) is 1. The molecule has 0 bridgehead atoms. The van der Waals surface area contributed by atoms with Gasteiger partial charge in [-0.25, -0.2) is 8.42 Å². The smallest absolute Gasteiger partial charge is 0.230 e. The van der Waals surface area contributed by atoms with Crippen LogP contribution in [0.2, 0.25) is 0 Å². The highest BCUT2D eigenvalue weighted by atomic mass is 32.2. The Morgan fingerprint density at radius 1 is 1.50 bits per heavy atom. The Labute approximate surface area is 148 Å². The Hall–Kier alpha value is -1.39. The SMILES string of the molecule is Cn1c(Cc2cccs2)nnc1SCC(=O)NC1CCS(=O)(=O)C1. The molecule has 1 fully saturated rings. The lowest BCUT2D eigenvalue weighted by molar-refractivity contribution is -0.119. The van der Waals surface area contributed by atoms with Gasteiger partial charge >= 0.3 is 0 Å². The average molecular weight is 387 g/mol. The van der Waals surface area contributed by atoms with Crippen LogP contribution in [0.3, 0.4) is 0 Å². The molecule has 7 nitrogen and oxygen atoms in total. The van der Waals surface area contributed by atoms with E-state index in [2.05, 4.69) is 21.6 Å². The van der Waals surface area contributed by atoms with E-state index in [0.29, 0.717) is 18.0 Å². The van der Waals surface area contributed by atoms with E-state index >= 15 is 0 Å². The summed E-state index contributed by atoms with van der Waals surface area (Å²) in [4.78, 5) is 13.2. The number of sulfone groups is 1. The van der Waals surface area contributed by atoms with Crippen molar-refractivity contribution in [3.63, 3.8) is 0 Å². The second kappa shape index (κ2) is 7.24. The van der Waals surface area contributed by atoms with Gasteiger partial charge in [0.05, 0.1) is 17.3 Å². The van der Waals surface area contributed by atoms with Gasteiger partial charge < -0.3 is 9.88 Å². The first kappa shape index (κ1) is 17.4. The number of carbonyl (C=O) groups excluding carboxylic acids is 1. The third-order valence-corrected chi connectivity index (χ3v) is 7.43. The average Bonchev–Trinajstić information content (AvgIpc) is 3.22. The molecule has 130 valence electrons. The van der Waals surface area contributed by atoms with Gasteiger partial charge in [0.1, 0.15) is 5.82 Å². The van der Waals surface area contributed by atoms with Crippen molar-refractivity contribution in [3.8, 4) is 0 Å². The van der Waals surface area contributed by atoms with E-state index in [4.69, 9.17) is 0 Å². The van der Waals surface area contributed by atoms with Crippen molar-refractivity contribution in [2.45, 2.75) is 24.0 Å². The lowest BCUT2D eigenvalue weighted by atomic mass is 10.3. The number of hydrogen-bond acceptors (Lipinski definition) is 7. The quantitative estimate of drug-likeness (QED) is 0.740. The summed E-state index contributed by atoms with van der Waals surface area (Å²) in [6.45, 7) is 0. The van der Waals surface area contributed by atoms with Gasteiger partial charge in [0.15, 0.2) is 15.0 Å². The molecule has 2 aromatic heterocycles. The van der Waals surface area contributed by atoms with Crippen molar-refractivity contribution >= 4 is 38.8 Å². The van der Waals surface area contributed by atoms with Gasteiger partial charge in [0.2, 0.25) is 5.91 Å². The molecule has 1 N–H and O–H groups in total. The van der Waals surface area contributed by atoms with Crippen molar-refractivity contribution in [1.82, 2.24) is 20.1 Å². The van der Waals surface area contributed by atoms with E-state index in [9.17, 15) is 13.2 Å². The fourth-order valence-corrected chi connectivity index (χ4v) is 5.62. The van der Waals surface area contributed by atoms with Crippen LogP contribution in [-0.2, 0) is 28.1 Å². The summed E-state index contributed by atoms with van der Waals surface area (Å²) < 4.78 is 24.7. The van der Waals surface area contributed by atoms with E-state index < -0.39 is 9.84 Å². The maximum atomic E-state index is 12.0. The lowest BCUT2D eigenvalue weighted by Crippen LogP contribution is -2.36. The number of carbonyl (C=O) groups is 1. The van der Waals surface area contributed by atoms with Gasteiger partial charge in [-0.15, -0.1) is 21.5 Å². The number of thiophene rings is 1. The highest BCUT2D eigenvalue weighted by Crippen LogP contribution is 2.19. The summed E-state index contributed by atoms with van der Waals surface area (Å²) in [6.07, 6.45) is 1.21. The van der Waals surface area contributed by atoms with Crippen molar-refractivity contribution in [2.75, 3.05) is 17.3 Å². The number of thioether (sulfide) groups is 1. The zero-order valence-electron chi connectivity index (χ0n) is 13.1. The number of nitrogens with zero attached hydrogens (tertiary/aromatic N) is 3. The zero-order valence-corrected chi connectivity index (χ0v) is 15.6. The van der Waals surface area contributed by atoms with Crippen LogP contribution in [-0.4, -0.2) is 52.4 Å². The third-order valence-electron chi connectivity index (χ3n) is 3.77. The summed E-state index contributed by atoms with van der Waals surface area (Å²) in [5.74, 6) is 1.06. The largest absolute Gasteiger partial charge is 0.352 e. The molecule has 3 rings (SSSR count). The van der Waals surface area contributed by atoms with Gasteiger partial charge in [-0.1, -0.05) is 17.8 Å². The topological polar surface area (TPSA) is 93.9 Å². The molecule has 2 aromatic rings. The molecule has 1 aliphatic rings. The molecule has 1 aliphatic heterocycles. The van der Waals surface area contributed by atoms with Gasteiger partial charge in [-0.3, -0.25) is 4.79 Å². The molecule has 1 amide bonds. The molecule has 1 unspecified atom stereocenters. The summed E-state index contributed by atoms with van der Waals surface area (Å²) in [5, 5.41) is 13.8. The monoisotopic (exact) mass is 386 g/mol. The highest BCUT2D eigenvalue weighted by molar-refractivity contribution is 7.99. The van der Waals surface area contributed by atoms with Crippen LogP contribution in [0.1, 0.15) is 17.1 Å². The van der Waals surface area contributed by atoms with Gasteiger partial charge in [0, 0.05) is 24.4 Å². The zero-order chi connectivity index (χ0) is 17.2. The van der Waals surface area contributed by atoms with Crippen LogP contribution in [0.25, 0.3) is 0 Å². The first-order chi connectivity index (χ1) is 11.4. The van der Waals surface area contributed by atoms with E-state index in [1.807, 2.05) is 23.1 Å². The predicted molar refractivity (Wildman–Crippen MR) is 94.1 cm³/mol. The highest BCUT2D eigenvalue weighted by Gasteiger charge is 2.28. The number of aromatic nitrogens is 3. The van der Waals surface area contributed by atoms with E-state index in [1.165, 1.54) is 16.6 Å². The minimum atomic E-state index is -2.98. The van der Waals surface area contributed by atoms with Crippen LogP contribution in [0.4, 0.5) is 0 Å². The predicted octanol–water partition coefficient (Wildman–Crippen LogP) is 0.863. The molecule has 24 heavy (non-hydrogen) atoms. The summed E-state index contributed by atoms with van der Waals surface area (Å²) in [7, 11) is -1.10. The second-order valence-electron chi connectivity index (χ2n) is 5.67. The van der Waals surface area contributed by atoms with E-state index in [1.54, 1.807) is 11.3 Å². The fraction of sp³-hybridized carbons (Fsp3) is 0.500. The Bertz CT molecular complexity index is 814. The standard InChI is InChI=1S/C14H18N4O3S3/c1-18-12(7-11-3-2-5-22-11)16-17-14(18)23-8-13(19)15-10-4-6-24(20,21)9-10/h2-3,5,10H,4,6-9H2,1H3,(H,15,19). The maximum Gasteiger partial charge on any atom is 0.230 e. The second-order valence-corrected chi connectivity index (χ2v) is 9.87. The first-order valence-electron chi connectivity index (χ1n) is 7.46. The van der Waals surface area contributed by atoms with Gasteiger partial charge in [-0.05, 0) is 17.9 Å². The minimum absolute atomic E-state index is 0.0400. The molecule has 10 heteroatoms. The normalized spacial score (nSPS) is 19.5. The van der Waals surface area contributed by atoms with Crippen molar-refractivity contribution in [1.29, 1.82) is 0 Å². The Morgan fingerprint density at radius 2 is 2.33 bits per heavy atom. The molecule has 1 saturated heterocycles. The summed E-state index contributed by atoms with van der Waals surface area (Å²) in [5.41, 5.74) is 0. The van der Waals surface area contributed by atoms with Crippen molar-refractivity contribution < 1.29 is 13.2 Å². The lowest BCUT2D eigenvalue weighted by Gasteiger charge is -2.10. The van der Waals surface area contributed by atoms with Crippen LogP contribution in [0.15, 0.2) is 22.7 Å². The minimum Gasteiger partial charge on any atom is -0.352 e. The number of amides is 1. The first-order valence-corrected chi connectivity index (χ1v) is 11.1. The van der Waals surface area contributed by atoms with Gasteiger partial charge in [-0.2, -0.15) is 0 Å². The molecular formula is C14H18N4O3S3. The fourth-order valence-electron chi connectivity index (χ4n) is 2.50. The Kier molecular flexibility index (Phi) is 5.26. The van der Waals surface area contributed by atoms with Crippen LogP contribution < -0.4 is 5.32 Å². The van der Waals surface area contributed by atoms with Gasteiger partial charge in [0.25, 0.3) is 0 Å². The molecule has 0 aromatic carbocycles. The number of rotatable bonds is 6. The maximum absolute atomic E-state index is 12.0. The molecule has 0 radical (unpaired) electrons. The third kappa shape index (κ3) is 4.37. The molecular weight excluding hydrogens is 368 g/mol. The molecule has 3 heterocycles. The molecule has 0 saturated carbocycles.